The summed E-state index contributed by atoms with van der Waals surface area (Å²) in [6.07, 6.45) is -0.629. The Morgan fingerprint density at radius 1 is 1.11 bits per heavy atom. The molecule has 0 aliphatic carbocycles. The molecule has 0 bridgehead atoms. The Balaban J connectivity index is 1.87. The Bertz CT molecular complexity index is 762. The third kappa shape index (κ3) is 6.27. The molecule has 0 heterocycles. The standard InChI is InChI=1S/C21H27NO5/c1-15(23)16-6-5-7-20(10-16)27-14-18(24)13-22(2)12-17-8-9-19(25-3)11-21(17)26-4/h5-11,18,24H,12-14H2,1-4H3/p+1/t18-/m0/s1. The molecule has 0 spiro atoms. The molecule has 6 nitrogen and oxygen atoms in total. The zero-order valence-corrected chi connectivity index (χ0v) is 16.3. The molecule has 0 saturated carbocycles. The molecule has 2 N–H and O–H groups in total. The van der Waals surface area contributed by atoms with Gasteiger partial charge in [-0.3, -0.25) is 4.79 Å². The van der Waals surface area contributed by atoms with E-state index in [0.717, 1.165) is 22.0 Å². The maximum atomic E-state index is 11.4. The van der Waals surface area contributed by atoms with Gasteiger partial charge >= 0.3 is 0 Å². The lowest BCUT2D eigenvalue weighted by atomic mass is 10.1. The van der Waals surface area contributed by atoms with Crippen molar-refractivity contribution in [1.29, 1.82) is 0 Å². The van der Waals surface area contributed by atoms with Crippen LogP contribution in [-0.4, -0.2) is 51.4 Å². The van der Waals surface area contributed by atoms with E-state index in [4.69, 9.17) is 14.2 Å². The van der Waals surface area contributed by atoms with Gasteiger partial charge in [0.25, 0.3) is 0 Å². The van der Waals surface area contributed by atoms with Gasteiger partial charge in [-0.15, -0.1) is 0 Å². The van der Waals surface area contributed by atoms with Crippen molar-refractivity contribution in [2.24, 2.45) is 0 Å². The molecule has 0 fully saturated rings. The molecule has 2 rings (SSSR count). The van der Waals surface area contributed by atoms with E-state index in [0.29, 0.717) is 24.4 Å². The van der Waals surface area contributed by atoms with Crippen LogP contribution in [0.4, 0.5) is 0 Å². The molecule has 146 valence electrons. The van der Waals surface area contributed by atoms with Crippen molar-refractivity contribution in [3.63, 3.8) is 0 Å². The van der Waals surface area contributed by atoms with Gasteiger partial charge in [-0.25, -0.2) is 0 Å². The van der Waals surface area contributed by atoms with Crippen molar-refractivity contribution in [2.75, 3.05) is 34.4 Å². The highest BCUT2D eigenvalue weighted by Gasteiger charge is 2.15. The normalized spacial score (nSPS) is 12.9. The highest BCUT2D eigenvalue weighted by atomic mass is 16.5. The third-order valence-corrected chi connectivity index (χ3v) is 4.25. The summed E-state index contributed by atoms with van der Waals surface area (Å²) in [5.41, 5.74) is 1.63. The average Bonchev–Trinajstić information content (AvgIpc) is 2.66. The van der Waals surface area contributed by atoms with Crippen LogP contribution in [-0.2, 0) is 6.54 Å². The van der Waals surface area contributed by atoms with Crippen molar-refractivity contribution in [1.82, 2.24) is 0 Å². The maximum Gasteiger partial charge on any atom is 0.159 e. The number of rotatable bonds is 10. The molecular weight excluding hydrogens is 346 g/mol. The Hall–Kier alpha value is -2.57. The minimum Gasteiger partial charge on any atom is -0.497 e. The topological polar surface area (TPSA) is 69.4 Å². The summed E-state index contributed by atoms with van der Waals surface area (Å²) in [6.45, 7) is 2.89. The molecule has 0 aromatic heterocycles. The molecule has 2 atom stereocenters. The second-order valence-electron chi connectivity index (χ2n) is 6.56. The fourth-order valence-corrected chi connectivity index (χ4v) is 2.85. The Kier molecular flexibility index (Phi) is 7.64. The molecule has 2 aromatic rings. The van der Waals surface area contributed by atoms with Crippen LogP contribution in [0.25, 0.3) is 0 Å². The van der Waals surface area contributed by atoms with Crippen molar-refractivity contribution in [3.05, 3.63) is 53.6 Å². The van der Waals surface area contributed by atoms with Crippen molar-refractivity contribution in [3.8, 4) is 17.2 Å². The number of carbonyl (C=O) groups is 1. The van der Waals surface area contributed by atoms with E-state index in [1.165, 1.54) is 6.92 Å². The van der Waals surface area contributed by atoms with Crippen molar-refractivity contribution in [2.45, 2.75) is 19.6 Å². The Labute approximate surface area is 160 Å². The summed E-state index contributed by atoms with van der Waals surface area (Å²) in [7, 11) is 5.25. The highest BCUT2D eigenvalue weighted by Crippen LogP contribution is 2.23. The molecule has 0 aliphatic rings. The zero-order chi connectivity index (χ0) is 19.8. The molecule has 0 aliphatic heterocycles. The number of ketones is 1. The number of ether oxygens (including phenoxy) is 3. The first-order valence-corrected chi connectivity index (χ1v) is 8.87. The lowest BCUT2D eigenvalue weighted by Crippen LogP contribution is -3.09. The van der Waals surface area contributed by atoms with E-state index in [1.54, 1.807) is 38.5 Å². The van der Waals surface area contributed by atoms with E-state index in [2.05, 4.69) is 0 Å². The maximum absolute atomic E-state index is 11.4. The van der Waals surface area contributed by atoms with Crippen LogP contribution in [0.3, 0.4) is 0 Å². The summed E-state index contributed by atoms with van der Waals surface area (Å²) in [5, 5.41) is 10.3. The monoisotopic (exact) mass is 374 g/mol. The zero-order valence-electron chi connectivity index (χ0n) is 16.3. The third-order valence-electron chi connectivity index (χ3n) is 4.25. The highest BCUT2D eigenvalue weighted by molar-refractivity contribution is 5.94. The summed E-state index contributed by atoms with van der Waals surface area (Å²) in [5.74, 6) is 2.07. The predicted molar refractivity (Wildman–Crippen MR) is 103 cm³/mol. The van der Waals surface area contributed by atoms with E-state index >= 15 is 0 Å². The molecular formula is C21H28NO5+. The Morgan fingerprint density at radius 3 is 2.56 bits per heavy atom. The lowest BCUT2D eigenvalue weighted by molar-refractivity contribution is -0.897. The van der Waals surface area contributed by atoms with Gasteiger partial charge in [0.2, 0.25) is 0 Å². The smallest absolute Gasteiger partial charge is 0.159 e. The molecule has 27 heavy (non-hydrogen) atoms. The van der Waals surface area contributed by atoms with Crippen molar-refractivity contribution >= 4 is 5.78 Å². The SMILES string of the molecule is COc1ccc(C[NH+](C)C[C@H](O)COc2cccc(C(C)=O)c2)c(OC)c1. The summed E-state index contributed by atoms with van der Waals surface area (Å²) in [6, 6.07) is 12.7. The second kappa shape index (κ2) is 9.94. The number of Topliss-reactive ketones (excluding diaryl/α,β-unsaturated/α-hetero) is 1. The number of nitrogens with one attached hydrogen (secondary N) is 1. The largest absolute Gasteiger partial charge is 0.497 e. The van der Waals surface area contributed by atoms with Gasteiger partial charge in [0, 0.05) is 17.2 Å². The van der Waals surface area contributed by atoms with E-state index in [9.17, 15) is 9.90 Å². The fourth-order valence-electron chi connectivity index (χ4n) is 2.85. The molecule has 1 unspecified atom stereocenters. The molecule has 0 amide bonds. The van der Waals surface area contributed by atoms with Crippen LogP contribution in [0.2, 0.25) is 0 Å². The van der Waals surface area contributed by atoms with Gasteiger partial charge in [0.15, 0.2) is 5.78 Å². The first-order chi connectivity index (χ1) is 12.9. The first kappa shape index (κ1) is 20.7. The van der Waals surface area contributed by atoms with Crippen molar-refractivity contribution < 1.29 is 29.0 Å². The molecule has 0 radical (unpaired) electrons. The number of likely N-dealkylation sites (N-methyl/N-ethyl adjacent to an activating group) is 1. The number of hydrogen-bond donors (Lipinski definition) is 2. The number of aliphatic hydroxyl groups excluding tert-OH is 1. The number of hydrogen-bond acceptors (Lipinski definition) is 5. The van der Waals surface area contributed by atoms with E-state index in [-0.39, 0.29) is 12.4 Å². The average molecular weight is 374 g/mol. The molecule has 6 heteroatoms. The van der Waals surface area contributed by atoms with Crippen LogP contribution in [0, 0.1) is 0 Å². The summed E-state index contributed by atoms with van der Waals surface area (Å²) >= 11 is 0. The van der Waals surface area contributed by atoms with Crippen LogP contribution < -0.4 is 19.1 Å². The first-order valence-electron chi connectivity index (χ1n) is 8.87. The van der Waals surface area contributed by atoms with Crippen LogP contribution in [0.1, 0.15) is 22.8 Å². The lowest BCUT2D eigenvalue weighted by Gasteiger charge is -2.20. The van der Waals surface area contributed by atoms with E-state index in [1.807, 2.05) is 25.2 Å². The van der Waals surface area contributed by atoms with Gasteiger partial charge in [-0.1, -0.05) is 12.1 Å². The molecule has 0 saturated heterocycles. The number of carbonyl (C=O) groups excluding carboxylic acids is 1. The summed E-state index contributed by atoms with van der Waals surface area (Å²) in [4.78, 5) is 12.5. The quantitative estimate of drug-likeness (QED) is 0.615. The minimum absolute atomic E-state index is 0.0152. The number of aliphatic hydroxyl groups is 1. The molecule has 2 aromatic carbocycles. The van der Waals surface area contributed by atoms with Gasteiger partial charge < -0.3 is 24.2 Å². The number of quaternary nitrogens is 1. The number of methoxy groups -OCH3 is 2. The minimum atomic E-state index is -0.629. The fraction of sp³-hybridized carbons (Fsp3) is 0.381. The van der Waals surface area contributed by atoms with Gasteiger partial charge in [-0.05, 0) is 31.2 Å². The van der Waals surface area contributed by atoms with Crippen LogP contribution >= 0.6 is 0 Å². The second-order valence-corrected chi connectivity index (χ2v) is 6.56. The van der Waals surface area contributed by atoms with Gasteiger partial charge in [0.1, 0.15) is 43.0 Å². The summed E-state index contributed by atoms with van der Waals surface area (Å²) < 4.78 is 16.3. The number of benzene rings is 2. The van der Waals surface area contributed by atoms with Crippen LogP contribution in [0.5, 0.6) is 17.2 Å². The van der Waals surface area contributed by atoms with Crippen LogP contribution in [0.15, 0.2) is 42.5 Å². The predicted octanol–water partition coefficient (Wildman–Crippen LogP) is 1.36. The van der Waals surface area contributed by atoms with Gasteiger partial charge in [0.05, 0.1) is 21.3 Å². The van der Waals surface area contributed by atoms with Gasteiger partial charge in [-0.2, -0.15) is 0 Å². The Morgan fingerprint density at radius 2 is 1.89 bits per heavy atom. The van der Waals surface area contributed by atoms with E-state index < -0.39 is 6.10 Å².